The van der Waals surface area contributed by atoms with Crippen LogP contribution in [0.5, 0.6) is 0 Å². The zero-order chi connectivity index (χ0) is 53.0. The second-order valence-electron chi connectivity index (χ2n) is 21.2. The number of ether oxygens (including phenoxy) is 2. The van der Waals surface area contributed by atoms with E-state index in [2.05, 4.69) is 19.2 Å². The first-order valence-electron chi connectivity index (χ1n) is 29.0. The molecule has 2 rings (SSSR count). The van der Waals surface area contributed by atoms with E-state index in [9.17, 15) is 60.2 Å². The van der Waals surface area contributed by atoms with Crippen LogP contribution < -0.4 is 5.32 Å². The van der Waals surface area contributed by atoms with E-state index in [1.165, 1.54) is 154 Å². The lowest BCUT2D eigenvalue weighted by molar-refractivity contribution is -0.338. The molecule has 0 spiro atoms. The maximum Gasteiger partial charge on any atom is 0.472 e. The van der Waals surface area contributed by atoms with Crippen molar-refractivity contribution in [2.24, 2.45) is 0 Å². The van der Waals surface area contributed by atoms with Crippen molar-refractivity contribution in [2.45, 2.75) is 324 Å². The Morgan fingerprint density at radius 1 is 0.514 bits per heavy atom. The van der Waals surface area contributed by atoms with E-state index in [4.69, 9.17) is 18.5 Å². The van der Waals surface area contributed by atoms with Crippen molar-refractivity contribution < 1.29 is 78.7 Å². The molecule has 1 heterocycles. The van der Waals surface area contributed by atoms with Crippen LogP contribution in [0, 0.1) is 0 Å². The number of amides is 1. The number of phosphoric ester groups is 1. The summed E-state index contributed by atoms with van der Waals surface area (Å²) in [6, 6.07) is -1.13. The van der Waals surface area contributed by atoms with Crippen LogP contribution in [0.4, 0.5) is 0 Å². The van der Waals surface area contributed by atoms with Gasteiger partial charge in [0.05, 0.1) is 25.4 Å². The molecule has 1 amide bonds. The smallest absolute Gasteiger partial charge is 0.394 e. The molecule has 2 fully saturated rings. The van der Waals surface area contributed by atoms with E-state index in [-0.39, 0.29) is 18.7 Å². The maximum absolute atomic E-state index is 13.5. The summed E-state index contributed by atoms with van der Waals surface area (Å²) in [5.74, 6) is -0.365. The van der Waals surface area contributed by atoms with Crippen LogP contribution in [-0.4, -0.2) is 149 Å². The van der Waals surface area contributed by atoms with Gasteiger partial charge in [-0.15, -0.1) is 0 Å². The fourth-order valence-corrected chi connectivity index (χ4v) is 10.9. The Balaban J connectivity index is 1.86. The molecular weight excluding hydrogens is 950 g/mol. The Bertz CT molecular complexity index is 1350. The van der Waals surface area contributed by atoms with Crippen LogP contribution in [0.3, 0.4) is 0 Å². The summed E-state index contributed by atoms with van der Waals surface area (Å²) in [5.41, 5.74) is 0. The van der Waals surface area contributed by atoms with Crippen molar-refractivity contribution in [1.29, 1.82) is 0 Å². The van der Waals surface area contributed by atoms with Crippen LogP contribution >= 0.6 is 7.82 Å². The first-order valence-corrected chi connectivity index (χ1v) is 30.5. The minimum absolute atomic E-state index is 0.178. The zero-order valence-corrected chi connectivity index (χ0v) is 45.6. The summed E-state index contributed by atoms with van der Waals surface area (Å²) in [6.07, 6.45) is 18.6. The standard InChI is InChI=1S/C54H106NO16P/c1-3-5-7-9-11-13-15-17-18-19-20-21-22-23-24-26-28-30-32-34-36-38-44(58)55-41(42(57)37-35-33-31-29-27-25-16-14-12-10-8-6-4-2)40-68-72(66,67)71-53-50(64)48(62)47(61)49(63)52(53)70-54-51(65)46(60)45(59)43(39-56)69-54/h41-43,45-54,56-57,59-65H,3-40H2,1-2H3,(H,55,58)(H,66,67)/t41-,42+,43+,45+,46-,47+,48+,49-,50+,51-,52+,53+,54+/m0/s1. The van der Waals surface area contributed by atoms with E-state index in [0.29, 0.717) is 12.8 Å². The van der Waals surface area contributed by atoms with Gasteiger partial charge >= 0.3 is 7.82 Å². The van der Waals surface area contributed by atoms with Crippen molar-refractivity contribution in [3.05, 3.63) is 0 Å². The third kappa shape index (κ3) is 28.5. The monoisotopic (exact) mass is 1060 g/mol. The average Bonchev–Trinajstić information content (AvgIpc) is 3.36. The third-order valence-electron chi connectivity index (χ3n) is 14.8. The van der Waals surface area contributed by atoms with Crippen molar-refractivity contribution in [3.8, 4) is 0 Å². The second kappa shape index (κ2) is 41.3. The van der Waals surface area contributed by atoms with Crippen molar-refractivity contribution in [2.75, 3.05) is 13.2 Å². The van der Waals surface area contributed by atoms with Crippen LogP contribution in [0.2, 0.25) is 0 Å². The molecule has 0 aromatic heterocycles. The van der Waals surface area contributed by atoms with Gasteiger partial charge in [0, 0.05) is 6.42 Å². The number of hydrogen-bond donors (Lipinski definition) is 11. The number of unbranched alkanes of at least 4 members (excludes halogenated alkanes) is 32. The fraction of sp³-hybridized carbons (Fsp3) is 0.981. The van der Waals surface area contributed by atoms with Gasteiger partial charge in [0.1, 0.15) is 61.0 Å². The largest absolute Gasteiger partial charge is 0.472 e. The molecular formula is C54H106NO16P. The number of phosphoric acid groups is 1. The number of aliphatic hydroxyl groups excluding tert-OH is 9. The van der Waals surface area contributed by atoms with E-state index >= 15 is 0 Å². The molecule has 0 radical (unpaired) electrons. The molecule has 17 nitrogen and oxygen atoms in total. The zero-order valence-electron chi connectivity index (χ0n) is 44.7. The molecule has 11 N–H and O–H groups in total. The molecule has 0 bridgehead atoms. The lowest BCUT2D eigenvalue weighted by atomic mass is 9.84. The first kappa shape index (κ1) is 67.3. The SMILES string of the molecule is CCCCCCCCCCCCCCCCCCCCCCCC(=O)N[C@@H](COP(=O)(O)O[C@@H]1[C@H](O)[C@H](O)[C@@H](O)[C@H](O)[C@H]1O[C@H]1O[C@H](CO)[C@@H](O)[C@H](O)[C@@H]1O)[C@H](O)CCCCCCCCCCCCCCC. The van der Waals surface area contributed by atoms with Crippen molar-refractivity contribution in [1.82, 2.24) is 5.32 Å². The maximum atomic E-state index is 13.5. The van der Waals surface area contributed by atoms with E-state index in [0.717, 1.165) is 51.4 Å². The Labute approximate surface area is 434 Å². The number of aliphatic hydroxyl groups is 9. The third-order valence-corrected chi connectivity index (χ3v) is 15.8. The number of carbonyl (C=O) groups is 1. The van der Waals surface area contributed by atoms with Gasteiger partial charge in [0.2, 0.25) is 5.91 Å². The minimum Gasteiger partial charge on any atom is -0.394 e. The molecule has 1 aliphatic heterocycles. The second-order valence-corrected chi connectivity index (χ2v) is 22.6. The molecule has 2 aliphatic rings. The predicted octanol–water partition coefficient (Wildman–Crippen LogP) is 8.06. The van der Waals surface area contributed by atoms with Gasteiger partial charge in [0.15, 0.2) is 6.29 Å². The molecule has 1 saturated heterocycles. The van der Waals surface area contributed by atoms with Gasteiger partial charge in [-0.05, 0) is 12.8 Å². The first-order chi connectivity index (χ1) is 34.7. The highest BCUT2D eigenvalue weighted by molar-refractivity contribution is 7.47. The minimum atomic E-state index is -5.31. The lowest BCUT2D eigenvalue weighted by Gasteiger charge is -2.47. The Morgan fingerprint density at radius 3 is 1.28 bits per heavy atom. The van der Waals surface area contributed by atoms with Gasteiger partial charge in [-0.25, -0.2) is 4.57 Å². The highest BCUT2D eigenvalue weighted by atomic mass is 31.2. The Hall–Kier alpha value is -0.860. The lowest BCUT2D eigenvalue weighted by Crippen LogP contribution is -2.67. The summed E-state index contributed by atoms with van der Waals surface area (Å²) in [4.78, 5) is 24.2. The summed E-state index contributed by atoms with van der Waals surface area (Å²) in [5, 5.41) is 97.4. The van der Waals surface area contributed by atoms with Gasteiger partial charge in [0.25, 0.3) is 0 Å². The Kier molecular flexibility index (Phi) is 38.5. The van der Waals surface area contributed by atoms with Gasteiger partial charge in [-0.3, -0.25) is 13.8 Å². The topological polar surface area (TPSA) is 285 Å². The van der Waals surface area contributed by atoms with Crippen LogP contribution in [0.25, 0.3) is 0 Å². The summed E-state index contributed by atoms with van der Waals surface area (Å²) < 4.78 is 35.0. The highest BCUT2D eigenvalue weighted by Gasteiger charge is 2.55. The van der Waals surface area contributed by atoms with Gasteiger partial charge < -0.3 is 65.6 Å². The molecule has 0 aromatic rings. The van der Waals surface area contributed by atoms with E-state index < -0.39 is 101 Å². The van der Waals surface area contributed by atoms with E-state index in [1.807, 2.05) is 0 Å². The molecule has 14 atom stereocenters. The van der Waals surface area contributed by atoms with Crippen molar-refractivity contribution >= 4 is 13.7 Å². The molecule has 18 heteroatoms. The van der Waals surface area contributed by atoms with Gasteiger partial charge in [-0.2, -0.15) is 0 Å². The summed E-state index contributed by atoms with van der Waals surface area (Å²) >= 11 is 0. The Morgan fingerprint density at radius 2 is 0.875 bits per heavy atom. The van der Waals surface area contributed by atoms with Crippen LogP contribution in [0.1, 0.15) is 245 Å². The van der Waals surface area contributed by atoms with E-state index in [1.54, 1.807) is 0 Å². The van der Waals surface area contributed by atoms with Crippen LogP contribution in [-0.2, 0) is 27.9 Å². The average molecular weight is 1060 g/mol. The molecule has 1 unspecified atom stereocenters. The summed E-state index contributed by atoms with van der Waals surface area (Å²) in [6.45, 7) is 2.95. The fourth-order valence-electron chi connectivity index (χ4n) is 9.97. The molecule has 428 valence electrons. The molecule has 1 saturated carbocycles. The van der Waals surface area contributed by atoms with Gasteiger partial charge in [-0.1, -0.05) is 226 Å². The number of rotatable bonds is 46. The van der Waals surface area contributed by atoms with Crippen molar-refractivity contribution in [3.63, 3.8) is 0 Å². The predicted molar refractivity (Wildman–Crippen MR) is 279 cm³/mol. The van der Waals surface area contributed by atoms with Crippen LogP contribution in [0.15, 0.2) is 0 Å². The highest BCUT2D eigenvalue weighted by Crippen LogP contribution is 2.48. The number of nitrogens with one attached hydrogen (secondary N) is 1. The quantitative estimate of drug-likeness (QED) is 0.0203. The molecule has 72 heavy (non-hydrogen) atoms. The normalized spacial score (nSPS) is 27.4. The summed E-state index contributed by atoms with van der Waals surface area (Å²) in [7, 11) is -5.31. The molecule has 0 aromatic carbocycles. The molecule has 1 aliphatic carbocycles. The number of carbonyl (C=O) groups excluding carboxylic acids is 1. The number of hydrogen-bond acceptors (Lipinski definition) is 15.